The van der Waals surface area contributed by atoms with Crippen LogP contribution in [0.2, 0.25) is 0 Å². The molecule has 3 heterocycles. The zero-order chi connectivity index (χ0) is 18.8. The standard InChI is InChI=1S/C22H21N5O/c1-2-4-18(5-3-1)19-8-6-17(7-9-19)14-27-16-25-20-21(23-15-24-22(20)27)26-10-12-28-13-11-26/h1-9,15-16H,10-14H2. The molecular formula is C22H21N5O. The fraction of sp³-hybridized carbons (Fsp3) is 0.227. The van der Waals surface area contributed by atoms with Gasteiger partial charge in [0.15, 0.2) is 17.0 Å². The molecule has 6 nitrogen and oxygen atoms in total. The fourth-order valence-electron chi connectivity index (χ4n) is 3.62. The smallest absolute Gasteiger partial charge is 0.165 e. The average Bonchev–Trinajstić information content (AvgIpc) is 3.18. The van der Waals surface area contributed by atoms with Crippen LogP contribution < -0.4 is 4.90 Å². The van der Waals surface area contributed by atoms with Crippen LogP contribution in [0.15, 0.2) is 67.3 Å². The molecule has 4 aromatic rings. The molecule has 0 aliphatic carbocycles. The lowest BCUT2D eigenvalue weighted by atomic mass is 10.0. The molecule has 140 valence electrons. The number of nitrogens with zero attached hydrogens (tertiary/aromatic N) is 5. The lowest BCUT2D eigenvalue weighted by Crippen LogP contribution is -2.36. The van der Waals surface area contributed by atoms with Crippen LogP contribution >= 0.6 is 0 Å². The van der Waals surface area contributed by atoms with Gasteiger partial charge >= 0.3 is 0 Å². The van der Waals surface area contributed by atoms with E-state index in [0.717, 1.165) is 49.8 Å². The van der Waals surface area contributed by atoms with E-state index in [1.54, 1.807) is 6.33 Å². The molecule has 2 aromatic heterocycles. The van der Waals surface area contributed by atoms with Crippen LogP contribution in [-0.4, -0.2) is 45.8 Å². The summed E-state index contributed by atoms with van der Waals surface area (Å²) in [5.41, 5.74) is 5.38. The number of hydrogen-bond donors (Lipinski definition) is 0. The first-order valence-corrected chi connectivity index (χ1v) is 9.51. The van der Waals surface area contributed by atoms with Gasteiger partial charge in [0.25, 0.3) is 0 Å². The van der Waals surface area contributed by atoms with Gasteiger partial charge in [-0.1, -0.05) is 54.6 Å². The summed E-state index contributed by atoms with van der Waals surface area (Å²) < 4.78 is 7.53. The van der Waals surface area contributed by atoms with Crippen molar-refractivity contribution in [2.24, 2.45) is 0 Å². The molecule has 0 radical (unpaired) electrons. The summed E-state index contributed by atoms with van der Waals surface area (Å²) in [6, 6.07) is 19.1. The lowest BCUT2D eigenvalue weighted by Gasteiger charge is -2.27. The molecule has 0 saturated carbocycles. The Balaban J connectivity index is 1.41. The van der Waals surface area contributed by atoms with Gasteiger partial charge in [0.1, 0.15) is 6.33 Å². The van der Waals surface area contributed by atoms with Crippen LogP contribution in [0.3, 0.4) is 0 Å². The predicted molar refractivity (Wildman–Crippen MR) is 109 cm³/mol. The van der Waals surface area contributed by atoms with Crippen LogP contribution in [0.5, 0.6) is 0 Å². The van der Waals surface area contributed by atoms with Crippen molar-refractivity contribution in [2.45, 2.75) is 6.54 Å². The highest BCUT2D eigenvalue weighted by molar-refractivity contribution is 5.83. The molecule has 5 rings (SSSR count). The van der Waals surface area contributed by atoms with Crippen LogP contribution in [0, 0.1) is 0 Å². The van der Waals surface area contributed by atoms with Crippen molar-refractivity contribution in [3.63, 3.8) is 0 Å². The second-order valence-electron chi connectivity index (χ2n) is 6.90. The highest BCUT2D eigenvalue weighted by Gasteiger charge is 2.18. The molecule has 0 atom stereocenters. The minimum atomic E-state index is 0.722. The van der Waals surface area contributed by atoms with Gasteiger partial charge in [-0.15, -0.1) is 0 Å². The number of ether oxygens (including phenoxy) is 1. The largest absolute Gasteiger partial charge is 0.378 e. The van der Waals surface area contributed by atoms with E-state index < -0.39 is 0 Å². The zero-order valence-electron chi connectivity index (χ0n) is 15.5. The Morgan fingerprint density at radius 1 is 0.821 bits per heavy atom. The highest BCUT2D eigenvalue weighted by atomic mass is 16.5. The Bertz CT molecular complexity index is 1070. The van der Waals surface area contributed by atoms with Gasteiger partial charge in [-0.05, 0) is 16.7 Å². The van der Waals surface area contributed by atoms with E-state index in [0.29, 0.717) is 0 Å². The molecule has 1 fully saturated rings. The molecular weight excluding hydrogens is 350 g/mol. The van der Waals surface area contributed by atoms with Crippen LogP contribution in [0.25, 0.3) is 22.3 Å². The molecule has 2 aromatic carbocycles. The molecule has 0 unspecified atom stereocenters. The van der Waals surface area contributed by atoms with Crippen molar-refractivity contribution >= 4 is 17.0 Å². The first-order chi connectivity index (χ1) is 13.9. The molecule has 28 heavy (non-hydrogen) atoms. The topological polar surface area (TPSA) is 56.1 Å². The maximum absolute atomic E-state index is 5.45. The molecule has 0 bridgehead atoms. The van der Waals surface area contributed by atoms with Crippen molar-refractivity contribution in [3.05, 3.63) is 72.8 Å². The van der Waals surface area contributed by atoms with Gasteiger partial charge in [-0.25, -0.2) is 15.0 Å². The number of fused-ring (bicyclic) bond motifs is 1. The van der Waals surface area contributed by atoms with Crippen molar-refractivity contribution in [1.29, 1.82) is 0 Å². The average molecular weight is 371 g/mol. The van der Waals surface area contributed by atoms with E-state index in [9.17, 15) is 0 Å². The van der Waals surface area contributed by atoms with Gasteiger partial charge in [-0.3, -0.25) is 0 Å². The number of morpholine rings is 1. The molecule has 0 amide bonds. The Morgan fingerprint density at radius 3 is 2.36 bits per heavy atom. The number of anilines is 1. The second kappa shape index (κ2) is 7.40. The van der Waals surface area contributed by atoms with Crippen molar-refractivity contribution in [1.82, 2.24) is 19.5 Å². The summed E-state index contributed by atoms with van der Waals surface area (Å²) in [5.74, 6) is 0.895. The van der Waals surface area contributed by atoms with E-state index in [2.05, 4.69) is 72.9 Å². The maximum Gasteiger partial charge on any atom is 0.165 e. The van der Waals surface area contributed by atoms with Gasteiger partial charge in [0, 0.05) is 13.1 Å². The predicted octanol–water partition coefficient (Wildman–Crippen LogP) is 3.38. The van der Waals surface area contributed by atoms with E-state index >= 15 is 0 Å². The van der Waals surface area contributed by atoms with E-state index in [1.807, 2.05) is 12.4 Å². The van der Waals surface area contributed by atoms with Crippen LogP contribution in [0.1, 0.15) is 5.56 Å². The molecule has 1 aliphatic heterocycles. The summed E-state index contributed by atoms with van der Waals surface area (Å²) in [5, 5.41) is 0. The monoisotopic (exact) mass is 371 g/mol. The van der Waals surface area contributed by atoms with E-state index in [-0.39, 0.29) is 0 Å². The zero-order valence-corrected chi connectivity index (χ0v) is 15.5. The van der Waals surface area contributed by atoms with Crippen molar-refractivity contribution in [3.8, 4) is 11.1 Å². The normalized spacial score (nSPS) is 14.5. The van der Waals surface area contributed by atoms with Crippen LogP contribution in [0.4, 0.5) is 5.82 Å². The number of rotatable bonds is 4. The third kappa shape index (κ3) is 3.23. The number of hydrogen-bond acceptors (Lipinski definition) is 5. The Labute approximate surface area is 163 Å². The first kappa shape index (κ1) is 16.9. The Hall–Kier alpha value is -3.25. The van der Waals surface area contributed by atoms with Gasteiger partial charge in [-0.2, -0.15) is 0 Å². The first-order valence-electron chi connectivity index (χ1n) is 9.51. The molecule has 0 spiro atoms. The maximum atomic E-state index is 5.45. The third-order valence-corrected chi connectivity index (χ3v) is 5.11. The molecule has 1 saturated heterocycles. The quantitative estimate of drug-likeness (QED) is 0.550. The fourth-order valence-corrected chi connectivity index (χ4v) is 3.62. The van der Waals surface area contributed by atoms with Crippen molar-refractivity contribution in [2.75, 3.05) is 31.2 Å². The summed E-state index contributed by atoms with van der Waals surface area (Å²) in [6.45, 7) is 3.84. The summed E-state index contributed by atoms with van der Waals surface area (Å²) in [4.78, 5) is 15.8. The third-order valence-electron chi connectivity index (χ3n) is 5.11. The number of imidazole rings is 1. The highest BCUT2D eigenvalue weighted by Crippen LogP contribution is 2.24. The lowest BCUT2D eigenvalue weighted by molar-refractivity contribution is 0.122. The summed E-state index contributed by atoms with van der Waals surface area (Å²) >= 11 is 0. The SMILES string of the molecule is c1ccc(-c2ccc(Cn3cnc4c(N5CCOCC5)ncnc43)cc2)cc1. The Kier molecular flexibility index (Phi) is 4.47. The van der Waals surface area contributed by atoms with Crippen molar-refractivity contribution < 1.29 is 4.74 Å². The summed E-state index contributed by atoms with van der Waals surface area (Å²) in [6.07, 6.45) is 3.48. The minimum absolute atomic E-state index is 0.722. The van der Waals surface area contributed by atoms with E-state index in [1.165, 1.54) is 16.7 Å². The number of aromatic nitrogens is 4. The summed E-state index contributed by atoms with van der Waals surface area (Å²) in [7, 11) is 0. The van der Waals surface area contributed by atoms with E-state index in [4.69, 9.17) is 4.74 Å². The molecule has 1 aliphatic rings. The molecule has 6 heteroatoms. The molecule has 0 N–H and O–H groups in total. The number of benzene rings is 2. The van der Waals surface area contributed by atoms with Gasteiger partial charge < -0.3 is 14.2 Å². The van der Waals surface area contributed by atoms with Gasteiger partial charge in [0.2, 0.25) is 0 Å². The second-order valence-corrected chi connectivity index (χ2v) is 6.90. The minimum Gasteiger partial charge on any atom is -0.378 e. The van der Waals surface area contributed by atoms with Crippen LogP contribution in [-0.2, 0) is 11.3 Å². The Morgan fingerprint density at radius 2 is 1.57 bits per heavy atom. The van der Waals surface area contributed by atoms with Gasteiger partial charge in [0.05, 0.1) is 26.1 Å².